The second-order valence-corrected chi connectivity index (χ2v) is 4.64. The molecule has 1 amide bonds. The van der Waals surface area contributed by atoms with Gasteiger partial charge in [-0.3, -0.25) is 4.79 Å². The first kappa shape index (κ1) is 13.9. The van der Waals surface area contributed by atoms with E-state index < -0.39 is 0 Å². The molecule has 0 unspecified atom stereocenters. The summed E-state index contributed by atoms with van der Waals surface area (Å²) in [5.74, 6) is -0.106. The van der Waals surface area contributed by atoms with Gasteiger partial charge in [-0.05, 0) is 41.8 Å². The predicted molar refractivity (Wildman–Crippen MR) is 82.9 cm³/mol. The number of nitrogen functional groups attached to an aromatic ring is 1. The number of benzene rings is 2. The molecule has 0 radical (unpaired) electrons. The molecule has 2 aromatic rings. The van der Waals surface area contributed by atoms with Crippen molar-refractivity contribution in [1.82, 2.24) is 5.32 Å². The lowest BCUT2D eigenvalue weighted by molar-refractivity contribution is -0.116. The maximum absolute atomic E-state index is 11.7. The Bertz CT molecular complexity index is 615. The monoisotopic (exact) mass is 266 g/mol. The second kappa shape index (κ2) is 6.57. The lowest BCUT2D eigenvalue weighted by atomic mass is 10.1. The van der Waals surface area contributed by atoms with Gasteiger partial charge in [-0.15, -0.1) is 0 Å². The van der Waals surface area contributed by atoms with Crippen molar-refractivity contribution in [3.05, 3.63) is 71.3 Å². The minimum atomic E-state index is -0.106. The second-order valence-electron chi connectivity index (χ2n) is 4.64. The van der Waals surface area contributed by atoms with Gasteiger partial charge in [-0.25, -0.2) is 0 Å². The van der Waals surface area contributed by atoms with Crippen molar-refractivity contribution in [1.29, 1.82) is 0 Å². The molecule has 3 heteroatoms. The first-order chi connectivity index (χ1) is 9.65. The van der Waals surface area contributed by atoms with Crippen molar-refractivity contribution in [2.75, 3.05) is 5.73 Å². The Morgan fingerprint density at radius 2 is 1.85 bits per heavy atom. The topological polar surface area (TPSA) is 55.1 Å². The molecule has 0 aliphatic heterocycles. The SMILES string of the molecule is Cc1ccccc1CNC(=O)/C=C/c1ccc(N)cc1. The number of rotatable bonds is 4. The fourth-order valence-electron chi connectivity index (χ4n) is 1.83. The van der Waals surface area contributed by atoms with Crippen LogP contribution in [0, 0.1) is 6.92 Å². The molecule has 3 N–H and O–H groups in total. The fourth-order valence-corrected chi connectivity index (χ4v) is 1.83. The van der Waals surface area contributed by atoms with Crippen LogP contribution in [-0.2, 0) is 11.3 Å². The molecule has 0 spiro atoms. The highest BCUT2D eigenvalue weighted by atomic mass is 16.1. The number of nitrogens with one attached hydrogen (secondary N) is 1. The average molecular weight is 266 g/mol. The summed E-state index contributed by atoms with van der Waals surface area (Å²) >= 11 is 0. The van der Waals surface area contributed by atoms with E-state index in [2.05, 4.69) is 5.32 Å². The van der Waals surface area contributed by atoms with E-state index in [1.54, 1.807) is 6.08 Å². The van der Waals surface area contributed by atoms with Gasteiger partial charge in [0.25, 0.3) is 0 Å². The van der Waals surface area contributed by atoms with Crippen LogP contribution in [0.25, 0.3) is 6.08 Å². The highest BCUT2D eigenvalue weighted by molar-refractivity contribution is 5.91. The van der Waals surface area contributed by atoms with Crippen LogP contribution in [0.15, 0.2) is 54.6 Å². The van der Waals surface area contributed by atoms with E-state index in [0.29, 0.717) is 12.2 Å². The molecule has 2 aromatic carbocycles. The summed E-state index contributed by atoms with van der Waals surface area (Å²) in [7, 11) is 0. The van der Waals surface area contributed by atoms with Gasteiger partial charge < -0.3 is 11.1 Å². The van der Waals surface area contributed by atoms with Gasteiger partial charge in [-0.1, -0.05) is 36.4 Å². The van der Waals surface area contributed by atoms with E-state index >= 15 is 0 Å². The highest BCUT2D eigenvalue weighted by Gasteiger charge is 1.99. The lowest BCUT2D eigenvalue weighted by Gasteiger charge is -2.05. The summed E-state index contributed by atoms with van der Waals surface area (Å²) in [5.41, 5.74) is 9.57. The number of carbonyl (C=O) groups is 1. The zero-order valence-electron chi connectivity index (χ0n) is 11.5. The minimum absolute atomic E-state index is 0.106. The number of anilines is 1. The van der Waals surface area contributed by atoms with E-state index in [0.717, 1.165) is 11.1 Å². The third-order valence-electron chi connectivity index (χ3n) is 3.08. The third-order valence-corrected chi connectivity index (χ3v) is 3.08. The third kappa shape index (κ3) is 3.99. The van der Waals surface area contributed by atoms with Crippen molar-refractivity contribution < 1.29 is 4.79 Å². The molecule has 0 saturated carbocycles. The molecule has 102 valence electrons. The molecule has 0 aliphatic carbocycles. The fraction of sp³-hybridized carbons (Fsp3) is 0.118. The van der Waals surface area contributed by atoms with Gasteiger partial charge in [0.2, 0.25) is 5.91 Å². The molecule has 0 bridgehead atoms. The molecule has 0 aromatic heterocycles. The number of amides is 1. The van der Waals surface area contributed by atoms with Crippen LogP contribution in [0.5, 0.6) is 0 Å². The van der Waals surface area contributed by atoms with Crippen LogP contribution in [0.4, 0.5) is 5.69 Å². The Morgan fingerprint density at radius 3 is 2.55 bits per heavy atom. The molecule has 20 heavy (non-hydrogen) atoms. The van der Waals surface area contributed by atoms with Crippen LogP contribution in [0.3, 0.4) is 0 Å². The molecule has 2 rings (SSSR count). The quantitative estimate of drug-likeness (QED) is 0.660. The smallest absolute Gasteiger partial charge is 0.244 e. The van der Waals surface area contributed by atoms with Gasteiger partial charge in [0.05, 0.1) is 0 Å². The molecular weight excluding hydrogens is 248 g/mol. The summed E-state index contributed by atoms with van der Waals surface area (Å²) in [6, 6.07) is 15.4. The van der Waals surface area contributed by atoms with Gasteiger partial charge in [0.15, 0.2) is 0 Å². The molecule has 0 aliphatic rings. The van der Waals surface area contributed by atoms with Crippen molar-refractivity contribution in [3.63, 3.8) is 0 Å². The Hall–Kier alpha value is -2.55. The number of hydrogen-bond donors (Lipinski definition) is 2. The minimum Gasteiger partial charge on any atom is -0.399 e. The van der Waals surface area contributed by atoms with E-state index in [4.69, 9.17) is 5.73 Å². The number of aryl methyl sites for hydroxylation is 1. The van der Waals surface area contributed by atoms with Crippen LogP contribution >= 0.6 is 0 Å². The Balaban J connectivity index is 1.90. The summed E-state index contributed by atoms with van der Waals surface area (Å²) in [5, 5.41) is 2.87. The van der Waals surface area contributed by atoms with Crippen LogP contribution < -0.4 is 11.1 Å². The van der Waals surface area contributed by atoms with Crippen molar-refractivity contribution in [2.45, 2.75) is 13.5 Å². The van der Waals surface area contributed by atoms with Crippen molar-refractivity contribution >= 4 is 17.7 Å². The maximum atomic E-state index is 11.7. The van der Waals surface area contributed by atoms with Gasteiger partial charge in [0, 0.05) is 18.3 Å². The summed E-state index contributed by atoms with van der Waals surface area (Å²) < 4.78 is 0. The summed E-state index contributed by atoms with van der Waals surface area (Å²) in [6.45, 7) is 2.57. The molecule has 0 saturated heterocycles. The highest BCUT2D eigenvalue weighted by Crippen LogP contribution is 2.08. The zero-order chi connectivity index (χ0) is 14.4. The van der Waals surface area contributed by atoms with Crippen molar-refractivity contribution in [2.24, 2.45) is 0 Å². The summed E-state index contributed by atoms with van der Waals surface area (Å²) in [6.07, 6.45) is 3.30. The van der Waals surface area contributed by atoms with Gasteiger partial charge in [-0.2, -0.15) is 0 Å². The molecule has 3 nitrogen and oxygen atoms in total. The Morgan fingerprint density at radius 1 is 1.15 bits per heavy atom. The maximum Gasteiger partial charge on any atom is 0.244 e. The van der Waals surface area contributed by atoms with E-state index in [1.807, 2.05) is 55.5 Å². The molecule has 0 fully saturated rings. The largest absolute Gasteiger partial charge is 0.399 e. The predicted octanol–water partition coefficient (Wildman–Crippen LogP) is 2.91. The Labute approximate surface area is 119 Å². The van der Waals surface area contributed by atoms with Crippen LogP contribution in [0.1, 0.15) is 16.7 Å². The molecular formula is C17H18N2O. The number of carbonyl (C=O) groups excluding carboxylic acids is 1. The normalized spacial score (nSPS) is 10.7. The van der Waals surface area contributed by atoms with Gasteiger partial charge >= 0.3 is 0 Å². The molecule has 0 atom stereocenters. The number of nitrogens with two attached hydrogens (primary N) is 1. The van der Waals surface area contributed by atoms with E-state index in [1.165, 1.54) is 11.6 Å². The van der Waals surface area contributed by atoms with E-state index in [9.17, 15) is 4.79 Å². The first-order valence-electron chi connectivity index (χ1n) is 6.51. The van der Waals surface area contributed by atoms with E-state index in [-0.39, 0.29) is 5.91 Å². The molecule has 0 heterocycles. The zero-order valence-corrected chi connectivity index (χ0v) is 11.5. The lowest BCUT2D eigenvalue weighted by Crippen LogP contribution is -2.20. The van der Waals surface area contributed by atoms with Crippen molar-refractivity contribution in [3.8, 4) is 0 Å². The summed E-state index contributed by atoms with van der Waals surface area (Å²) in [4.78, 5) is 11.7. The van der Waals surface area contributed by atoms with Crippen LogP contribution in [-0.4, -0.2) is 5.91 Å². The first-order valence-corrected chi connectivity index (χ1v) is 6.51. The van der Waals surface area contributed by atoms with Gasteiger partial charge in [0.1, 0.15) is 0 Å². The number of hydrogen-bond acceptors (Lipinski definition) is 2. The van der Waals surface area contributed by atoms with Crippen LogP contribution in [0.2, 0.25) is 0 Å². The Kier molecular flexibility index (Phi) is 4.56. The average Bonchev–Trinajstić information content (AvgIpc) is 2.46. The standard InChI is InChI=1S/C17H18N2O/c1-13-4-2-3-5-15(13)12-19-17(20)11-8-14-6-9-16(18)10-7-14/h2-11H,12,18H2,1H3,(H,19,20)/b11-8+.